The molecule has 0 saturated carbocycles. The van der Waals surface area contributed by atoms with Gasteiger partial charge in [-0.3, -0.25) is 0 Å². The van der Waals surface area contributed by atoms with E-state index in [0.29, 0.717) is 6.54 Å². The number of aliphatic hydroxyl groups excluding tert-OH is 1. The van der Waals surface area contributed by atoms with Gasteiger partial charge < -0.3 is 15.7 Å². The fourth-order valence-electron chi connectivity index (χ4n) is 2.30. The summed E-state index contributed by atoms with van der Waals surface area (Å²) in [6.07, 6.45) is -0.636. The number of thiophene rings is 1. The molecule has 122 valence electrons. The van der Waals surface area contributed by atoms with Crippen molar-refractivity contribution in [1.82, 2.24) is 5.32 Å². The van der Waals surface area contributed by atoms with E-state index in [1.165, 1.54) is 11.3 Å². The van der Waals surface area contributed by atoms with Gasteiger partial charge in [0.25, 0.3) is 0 Å². The van der Waals surface area contributed by atoms with Gasteiger partial charge in [-0.15, -0.1) is 11.3 Å². The Morgan fingerprint density at radius 2 is 1.62 bits per heavy atom. The normalized spacial score (nSPS) is 11.7. The molecule has 0 radical (unpaired) electrons. The maximum Gasteiger partial charge on any atom is 0.319 e. The van der Waals surface area contributed by atoms with Gasteiger partial charge >= 0.3 is 6.03 Å². The van der Waals surface area contributed by atoms with E-state index in [0.717, 1.165) is 21.0 Å². The van der Waals surface area contributed by atoms with Crippen molar-refractivity contribution in [3.63, 3.8) is 0 Å². The standard InChI is InChI=1S/C19H18N2O2S/c22-18(14-7-3-1-4-8-14)17-12-11-16(24-17)13-20-19(23)21-15-9-5-2-6-10-15/h1-12,18,22H,13H2,(H2,20,21,23)/t18-/m0/s1. The summed E-state index contributed by atoms with van der Waals surface area (Å²) in [7, 11) is 0. The number of amides is 2. The molecule has 0 spiro atoms. The molecule has 3 N–H and O–H groups in total. The minimum Gasteiger partial charge on any atom is -0.383 e. The number of nitrogens with one attached hydrogen (secondary N) is 2. The molecule has 0 aliphatic heterocycles. The lowest BCUT2D eigenvalue weighted by atomic mass is 10.1. The Hall–Kier alpha value is -2.63. The fourth-order valence-corrected chi connectivity index (χ4v) is 3.27. The van der Waals surface area contributed by atoms with E-state index in [1.54, 1.807) is 0 Å². The minimum absolute atomic E-state index is 0.250. The Morgan fingerprint density at radius 3 is 2.33 bits per heavy atom. The monoisotopic (exact) mass is 338 g/mol. The van der Waals surface area contributed by atoms with Crippen LogP contribution in [-0.4, -0.2) is 11.1 Å². The van der Waals surface area contributed by atoms with Crippen LogP contribution in [0.5, 0.6) is 0 Å². The van der Waals surface area contributed by atoms with Gasteiger partial charge in [-0.2, -0.15) is 0 Å². The van der Waals surface area contributed by atoms with Crippen molar-refractivity contribution in [2.24, 2.45) is 0 Å². The largest absolute Gasteiger partial charge is 0.383 e. The van der Waals surface area contributed by atoms with Gasteiger partial charge in [0.05, 0.1) is 6.54 Å². The lowest BCUT2D eigenvalue weighted by Gasteiger charge is -2.08. The van der Waals surface area contributed by atoms with Gasteiger partial charge in [0, 0.05) is 15.4 Å². The number of aliphatic hydroxyl groups is 1. The average Bonchev–Trinajstić information content (AvgIpc) is 3.10. The first-order valence-corrected chi connectivity index (χ1v) is 8.45. The quantitative estimate of drug-likeness (QED) is 0.654. The second-order valence-corrected chi connectivity index (χ2v) is 6.49. The summed E-state index contributed by atoms with van der Waals surface area (Å²) in [5.41, 5.74) is 1.61. The van der Waals surface area contributed by atoms with Crippen molar-refractivity contribution < 1.29 is 9.90 Å². The average molecular weight is 338 g/mol. The molecule has 3 rings (SSSR count). The van der Waals surface area contributed by atoms with Crippen LogP contribution in [0.3, 0.4) is 0 Å². The molecule has 0 fully saturated rings. The number of carbonyl (C=O) groups is 1. The third-order valence-electron chi connectivity index (χ3n) is 3.52. The molecule has 3 aromatic rings. The van der Waals surface area contributed by atoms with E-state index in [9.17, 15) is 9.90 Å². The van der Waals surface area contributed by atoms with Crippen molar-refractivity contribution >= 4 is 23.1 Å². The molecule has 2 aromatic carbocycles. The first-order valence-electron chi connectivity index (χ1n) is 7.64. The molecule has 1 aromatic heterocycles. The van der Waals surface area contributed by atoms with Crippen LogP contribution in [0.2, 0.25) is 0 Å². The Kier molecular flexibility index (Phi) is 5.25. The third kappa shape index (κ3) is 4.22. The van der Waals surface area contributed by atoms with E-state index in [2.05, 4.69) is 10.6 Å². The molecule has 5 heteroatoms. The molecule has 24 heavy (non-hydrogen) atoms. The fraction of sp³-hybridized carbons (Fsp3) is 0.105. The van der Waals surface area contributed by atoms with Crippen LogP contribution in [-0.2, 0) is 6.54 Å². The summed E-state index contributed by atoms with van der Waals surface area (Å²) < 4.78 is 0. The Morgan fingerprint density at radius 1 is 0.958 bits per heavy atom. The highest BCUT2D eigenvalue weighted by atomic mass is 32.1. The second kappa shape index (κ2) is 7.77. The van der Waals surface area contributed by atoms with Gasteiger partial charge in [0.15, 0.2) is 0 Å². The smallest absolute Gasteiger partial charge is 0.319 e. The molecule has 1 heterocycles. The van der Waals surface area contributed by atoms with Crippen LogP contribution in [0.4, 0.5) is 10.5 Å². The third-order valence-corrected chi connectivity index (χ3v) is 4.66. The Bertz CT molecular complexity index is 787. The number of urea groups is 1. The van der Waals surface area contributed by atoms with Gasteiger partial charge in [0.2, 0.25) is 0 Å². The number of hydrogen-bond donors (Lipinski definition) is 3. The number of benzene rings is 2. The lowest BCUT2D eigenvalue weighted by molar-refractivity contribution is 0.224. The zero-order chi connectivity index (χ0) is 16.8. The van der Waals surface area contributed by atoms with E-state index >= 15 is 0 Å². The van der Waals surface area contributed by atoms with Crippen LogP contribution in [0.15, 0.2) is 72.8 Å². The Balaban J connectivity index is 1.55. The Labute approximate surface area is 144 Å². The number of rotatable bonds is 5. The number of anilines is 1. The lowest BCUT2D eigenvalue weighted by Crippen LogP contribution is -2.27. The van der Waals surface area contributed by atoms with E-state index in [1.807, 2.05) is 72.8 Å². The predicted molar refractivity (Wildman–Crippen MR) is 97.1 cm³/mol. The molecule has 1 atom stereocenters. The van der Waals surface area contributed by atoms with Crippen LogP contribution >= 0.6 is 11.3 Å². The number of carbonyl (C=O) groups excluding carboxylic acids is 1. The topological polar surface area (TPSA) is 61.4 Å². The van der Waals surface area contributed by atoms with Gasteiger partial charge in [-0.05, 0) is 29.8 Å². The van der Waals surface area contributed by atoms with Crippen molar-refractivity contribution in [2.75, 3.05) is 5.32 Å². The first-order chi connectivity index (χ1) is 11.7. The van der Waals surface area contributed by atoms with Crippen molar-refractivity contribution in [3.8, 4) is 0 Å². The van der Waals surface area contributed by atoms with Crippen LogP contribution in [0.1, 0.15) is 21.4 Å². The van der Waals surface area contributed by atoms with Gasteiger partial charge in [0.1, 0.15) is 6.10 Å². The summed E-state index contributed by atoms with van der Waals surface area (Å²) >= 11 is 1.49. The van der Waals surface area contributed by atoms with E-state index < -0.39 is 6.10 Å². The predicted octanol–water partition coefficient (Wildman–Crippen LogP) is 4.15. The van der Waals surface area contributed by atoms with E-state index in [-0.39, 0.29) is 6.03 Å². The summed E-state index contributed by atoms with van der Waals surface area (Å²) in [4.78, 5) is 13.7. The molecule has 4 nitrogen and oxygen atoms in total. The highest BCUT2D eigenvalue weighted by Crippen LogP contribution is 2.28. The highest BCUT2D eigenvalue weighted by Gasteiger charge is 2.13. The van der Waals surface area contributed by atoms with Gasteiger partial charge in [-0.25, -0.2) is 4.79 Å². The first kappa shape index (κ1) is 16.2. The highest BCUT2D eigenvalue weighted by molar-refractivity contribution is 7.12. The summed E-state index contributed by atoms with van der Waals surface area (Å²) in [5.74, 6) is 0. The summed E-state index contributed by atoms with van der Waals surface area (Å²) in [6.45, 7) is 0.421. The van der Waals surface area contributed by atoms with Crippen molar-refractivity contribution in [2.45, 2.75) is 12.6 Å². The van der Waals surface area contributed by atoms with Crippen molar-refractivity contribution in [3.05, 3.63) is 88.1 Å². The summed E-state index contributed by atoms with van der Waals surface area (Å²) in [5, 5.41) is 16.0. The molecule has 0 aliphatic carbocycles. The zero-order valence-electron chi connectivity index (χ0n) is 13.0. The van der Waals surface area contributed by atoms with Crippen LogP contribution in [0.25, 0.3) is 0 Å². The zero-order valence-corrected chi connectivity index (χ0v) is 13.8. The van der Waals surface area contributed by atoms with Crippen LogP contribution < -0.4 is 10.6 Å². The van der Waals surface area contributed by atoms with Crippen LogP contribution in [0, 0.1) is 0 Å². The SMILES string of the molecule is O=C(NCc1ccc([C@@H](O)c2ccccc2)s1)Nc1ccccc1. The maximum absolute atomic E-state index is 11.9. The molecular weight excluding hydrogens is 320 g/mol. The second-order valence-electron chi connectivity index (χ2n) is 5.29. The van der Waals surface area contributed by atoms with Crippen molar-refractivity contribution in [1.29, 1.82) is 0 Å². The molecule has 2 amide bonds. The molecular formula is C19H18N2O2S. The molecule has 0 bridgehead atoms. The maximum atomic E-state index is 11.9. The summed E-state index contributed by atoms with van der Waals surface area (Å²) in [6, 6.07) is 22.4. The number of hydrogen-bond acceptors (Lipinski definition) is 3. The molecule has 0 unspecified atom stereocenters. The molecule has 0 aliphatic rings. The minimum atomic E-state index is -0.636. The number of para-hydroxylation sites is 1. The van der Waals surface area contributed by atoms with Gasteiger partial charge in [-0.1, -0.05) is 48.5 Å². The molecule has 0 saturated heterocycles. The van der Waals surface area contributed by atoms with E-state index in [4.69, 9.17) is 0 Å².